The molecule has 0 bridgehead atoms. The molecule has 100 valence electrons. The van der Waals surface area contributed by atoms with Gasteiger partial charge in [-0.15, -0.1) is 11.3 Å². The van der Waals surface area contributed by atoms with Crippen LogP contribution >= 0.6 is 33.9 Å². The zero-order valence-corrected chi connectivity index (χ0v) is 13.8. The highest BCUT2D eigenvalue weighted by Gasteiger charge is 2.23. The number of halogens is 1. The fraction of sp³-hybridized carbons (Fsp3) is 0.333. The Labute approximate surface area is 131 Å². The molecule has 1 aliphatic heterocycles. The van der Waals surface area contributed by atoms with E-state index in [2.05, 4.69) is 64.5 Å². The molecule has 0 spiro atoms. The lowest BCUT2D eigenvalue weighted by Gasteiger charge is -2.20. The number of nitrogens with one attached hydrogen (secondary N) is 1. The van der Waals surface area contributed by atoms with Gasteiger partial charge in [0.2, 0.25) is 0 Å². The van der Waals surface area contributed by atoms with E-state index in [0.717, 1.165) is 25.3 Å². The van der Waals surface area contributed by atoms with Crippen molar-refractivity contribution >= 4 is 33.9 Å². The Morgan fingerprint density at radius 3 is 3.11 bits per heavy atom. The van der Waals surface area contributed by atoms with Crippen molar-refractivity contribution in [2.24, 2.45) is 0 Å². The lowest BCUT2D eigenvalue weighted by molar-refractivity contribution is 0.350. The third-order valence-electron chi connectivity index (χ3n) is 3.39. The summed E-state index contributed by atoms with van der Waals surface area (Å²) in [6, 6.07) is 8.99. The van der Waals surface area contributed by atoms with Gasteiger partial charge in [-0.2, -0.15) is 0 Å². The second kappa shape index (κ2) is 5.81. The molecule has 0 amide bonds. The summed E-state index contributed by atoms with van der Waals surface area (Å²) in [4.78, 5) is 0. The molecule has 1 N–H and O–H groups in total. The Balaban J connectivity index is 2.03. The van der Waals surface area contributed by atoms with E-state index in [0.29, 0.717) is 0 Å². The number of rotatable bonds is 4. The highest BCUT2D eigenvalue weighted by atomic mass is 127. The fourth-order valence-electron chi connectivity index (χ4n) is 2.55. The van der Waals surface area contributed by atoms with Crippen molar-refractivity contribution in [3.05, 3.63) is 49.2 Å². The smallest absolute Gasteiger partial charge is 0.127 e. The molecule has 0 radical (unpaired) electrons. The van der Waals surface area contributed by atoms with Gasteiger partial charge in [-0.05, 0) is 51.7 Å². The molecule has 1 aromatic heterocycles. The van der Waals surface area contributed by atoms with Crippen LogP contribution in [0.1, 0.15) is 29.7 Å². The molecule has 0 saturated heterocycles. The average Bonchev–Trinajstić information content (AvgIpc) is 3.04. The normalized spacial score (nSPS) is 15.1. The Bertz CT molecular complexity index is 581. The second-order valence-electron chi connectivity index (χ2n) is 4.61. The maximum Gasteiger partial charge on any atom is 0.127 e. The van der Waals surface area contributed by atoms with Crippen LogP contribution < -0.4 is 10.1 Å². The third kappa shape index (κ3) is 2.66. The van der Waals surface area contributed by atoms with Crippen molar-refractivity contribution < 1.29 is 4.74 Å². The molecular weight excluding hydrogens is 369 g/mol. The lowest BCUT2D eigenvalue weighted by atomic mass is 9.97. The van der Waals surface area contributed by atoms with Gasteiger partial charge in [-0.1, -0.05) is 25.1 Å². The molecule has 2 aromatic rings. The molecule has 0 saturated carbocycles. The molecule has 1 aliphatic rings. The van der Waals surface area contributed by atoms with Gasteiger partial charge < -0.3 is 10.1 Å². The van der Waals surface area contributed by atoms with Gasteiger partial charge in [-0.3, -0.25) is 0 Å². The van der Waals surface area contributed by atoms with Gasteiger partial charge in [-0.25, -0.2) is 0 Å². The Kier molecular flexibility index (Phi) is 4.10. The van der Waals surface area contributed by atoms with Gasteiger partial charge in [0.25, 0.3) is 0 Å². The Morgan fingerprint density at radius 1 is 1.47 bits per heavy atom. The van der Waals surface area contributed by atoms with Crippen LogP contribution in [0.25, 0.3) is 0 Å². The van der Waals surface area contributed by atoms with Crippen LogP contribution in [0.5, 0.6) is 5.75 Å². The number of hydrogen-bond acceptors (Lipinski definition) is 3. The molecule has 1 unspecified atom stereocenters. The highest BCUT2D eigenvalue weighted by molar-refractivity contribution is 14.1. The van der Waals surface area contributed by atoms with Gasteiger partial charge in [0.05, 0.1) is 15.5 Å². The molecule has 1 atom stereocenters. The van der Waals surface area contributed by atoms with Crippen molar-refractivity contribution in [3.63, 3.8) is 0 Å². The molecule has 1 aromatic carbocycles. The number of thiophene rings is 1. The third-order valence-corrected chi connectivity index (χ3v) is 5.19. The Morgan fingerprint density at radius 2 is 2.37 bits per heavy atom. The van der Waals surface area contributed by atoms with E-state index >= 15 is 0 Å². The summed E-state index contributed by atoms with van der Waals surface area (Å²) in [5.41, 5.74) is 3.94. The van der Waals surface area contributed by atoms with Gasteiger partial charge in [0.15, 0.2) is 0 Å². The first-order chi connectivity index (χ1) is 9.29. The topological polar surface area (TPSA) is 21.3 Å². The number of ether oxygens (including phenoxy) is 1. The average molecular weight is 385 g/mol. The molecular formula is C15H16INOS. The quantitative estimate of drug-likeness (QED) is 0.804. The minimum Gasteiger partial charge on any atom is -0.493 e. The summed E-state index contributed by atoms with van der Waals surface area (Å²) in [6.45, 7) is 3.90. The van der Waals surface area contributed by atoms with E-state index in [1.807, 2.05) is 0 Å². The molecule has 2 heterocycles. The predicted octanol–water partition coefficient (Wildman–Crippen LogP) is 3.99. The minimum absolute atomic E-state index is 0.234. The van der Waals surface area contributed by atoms with Crippen LogP contribution in [0.3, 0.4) is 0 Å². The maximum atomic E-state index is 5.85. The maximum absolute atomic E-state index is 5.85. The molecule has 2 nitrogen and oxygen atoms in total. The molecule has 0 fully saturated rings. The van der Waals surface area contributed by atoms with Crippen LogP contribution in [0.4, 0.5) is 0 Å². The summed E-state index contributed by atoms with van der Waals surface area (Å²) in [5.74, 6) is 1.09. The fourth-order valence-corrected chi connectivity index (χ4v) is 3.95. The van der Waals surface area contributed by atoms with Crippen molar-refractivity contribution in [1.29, 1.82) is 0 Å². The zero-order chi connectivity index (χ0) is 13.2. The summed E-state index contributed by atoms with van der Waals surface area (Å²) in [5, 5.41) is 5.82. The van der Waals surface area contributed by atoms with Gasteiger partial charge in [0, 0.05) is 12.0 Å². The number of para-hydroxylation sites is 1. The van der Waals surface area contributed by atoms with E-state index in [-0.39, 0.29) is 6.04 Å². The van der Waals surface area contributed by atoms with E-state index in [1.165, 1.54) is 19.6 Å². The van der Waals surface area contributed by atoms with Crippen LogP contribution in [0.2, 0.25) is 0 Å². The Hall–Kier alpha value is -0.590. The summed E-state index contributed by atoms with van der Waals surface area (Å²) < 4.78 is 7.17. The number of fused-ring (bicyclic) bond motifs is 1. The molecule has 0 aliphatic carbocycles. The first-order valence-electron chi connectivity index (χ1n) is 6.51. The molecule has 19 heavy (non-hydrogen) atoms. The van der Waals surface area contributed by atoms with Crippen molar-refractivity contribution in [2.45, 2.75) is 19.4 Å². The van der Waals surface area contributed by atoms with E-state index in [1.54, 1.807) is 11.3 Å². The largest absolute Gasteiger partial charge is 0.493 e. The van der Waals surface area contributed by atoms with E-state index in [4.69, 9.17) is 4.74 Å². The van der Waals surface area contributed by atoms with Crippen LogP contribution in [-0.4, -0.2) is 13.2 Å². The van der Waals surface area contributed by atoms with E-state index < -0.39 is 0 Å². The number of hydrogen-bond donors (Lipinski definition) is 1. The van der Waals surface area contributed by atoms with Crippen molar-refractivity contribution in [3.8, 4) is 5.75 Å². The second-order valence-corrected chi connectivity index (χ2v) is 7.41. The van der Waals surface area contributed by atoms with Gasteiger partial charge in [0.1, 0.15) is 5.75 Å². The molecule has 3 rings (SSSR count). The highest BCUT2D eigenvalue weighted by Crippen LogP contribution is 2.37. The van der Waals surface area contributed by atoms with Crippen LogP contribution in [-0.2, 0) is 6.42 Å². The summed E-state index contributed by atoms with van der Waals surface area (Å²) >= 11 is 4.17. The van der Waals surface area contributed by atoms with E-state index in [9.17, 15) is 0 Å². The zero-order valence-electron chi connectivity index (χ0n) is 10.8. The standard InChI is InChI=1S/C15H16INOS/c1-2-17-14(11-8-13(16)19-9-11)12-5-3-4-10-6-7-18-15(10)12/h3-5,8-9,14,17H,2,6-7H2,1H3. The summed E-state index contributed by atoms with van der Waals surface area (Å²) in [7, 11) is 0. The SMILES string of the molecule is CCNC(c1csc(I)c1)c1cccc2c1OCC2. The first-order valence-corrected chi connectivity index (χ1v) is 8.47. The van der Waals surface area contributed by atoms with Gasteiger partial charge >= 0.3 is 0 Å². The lowest BCUT2D eigenvalue weighted by Crippen LogP contribution is -2.22. The van der Waals surface area contributed by atoms with Crippen LogP contribution in [0.15, 0.2) is 29.6 Å². The summed E-state index contributed by atoms with van der Waals surface area (Å²) in [6.07, 6.45) is 1.03. The minimum atomic E-state index is 0.234. The number of benzene rings is 1. The first kappa shape index (κ1) is 13.4. The van der Waals surface area contributed by atoms with Crippen molar-refractivity contribution in [1.82, 2.24) is 5.32 Å². The van der Waals surface area contributed by atoms with Crippen molar-refractivity contribution in [2.75, 3.05) is 13.2 Å². The predicted molar refractivity (Wildman–Crippen MR) is 88.2 cm³/mol. The molecule has 4 heteroatoms. The monoisotopic (exact) mass is 385 g/mol. The van der Waals surface area contributed by atoms with Crippen LogP contribution in [0, 0.1) is 2.88 Å².